The van der Waals surface area contributed by atoms with Gasteiger partial charge in [0.05, 0.1) is 6.04 Å². The average molecular weight is 280 g/mol. The van der Waals surface area contributed by atoms with Crippen molar-refractivity contribution in [3.63, 3.8) is 0 Å². The smallest absolute Gasteiger partial charge is 0.241 e. The second kappa shape index (κ2) is 6.55. The van der Waals surface area contributed by atoms with E-state index in [1.165, 1.54) is 11.1 Å². The largest absolute Gasteiger partial charge is 0.324 e. The first-order chi connectivity index (χ1) is 10.3. The molecule has 0 fully saturated rings. The van der Waals surface area contributed by atoms with Crippen molar-refractivity contribution in [1.29, 1.82) is 0 Å². The lowest BCUT2D eigenvalue weighted by atomic mass is 10.1. The minimum absolute atomic E-state index is 0.0769. The zero-order valence-electron chi connectivity index (χ0n) is 12.0. The number of nitrogens with one attached hydrogen (secondary N) is 2. The molecule has 0 radical (unpaired) electrons. The van der Waals surface area contributed by atoms with Crippen LogP contribution in [-0.4, -0.2) is 18.5 Å². The maximum atomic E-state index is 12.2. The summed E-state index contributed by atoms with van der Waals surface area (Å²) in [5.74, 6) is 0.0769. The van der Waals surface area contributed by atoms with E-state index in [0.29, 0.717) is 0 Å². The highest BCUT2D eigenvalue weighted by molar-refractivity contribution is 5.96. The number of para-hydroxylation sites is 1. The number of carbonyl (C=O) groups is 1. The van der Waals surface area contributed by atoms with Crippen molar-refractivity contribution >= 4 is 11.6 Å². The van der Waals surface area contributed by atoms with Gasteiger partial charge < -0.3 is 10.6 Å². The molecule has 3 nitrogen and oxygen atoms in total. The molecule has 3 heteroatoms. The standard InChI is InChI=1S/C18H20N2O/c21-18-17(19-13-12-14-6-2-1-3-7-14)11-10-15-8-4-5-9-16(15)20-18/h1-9,17,19H,10-13H2,(H,20,21). The first-order valence-corrected chi connectivity index (χ1v) is 7.49. The summed E-state index contributed by atoms with van der Waals surface area (Å²) in [6.07, 6.45) is 2.72. The van der Waals surface area contributed by atoms with Crippen LogP contribution in [-0.2, 0) is 17.6 Å². The van der Waals surface area contributed by atoms with E-state index in [4.69, 9.17) is 0 Å². The first-order valence-electron chi connectivity index (χ1n) is 7.49. The van der Waals surface area contributed by atoms with Crippen LogP contribution in [0, 0.1) is 0 Å². The predicted octanol–water partition coefficient (Wildman–Crippen LogP) is 2.77. The third-order valence-electron chi connectivity index (χ3n) is 3.94. The number of carbonyl (C=O) groups excluding carboxylic acids is 1. The van der Waals surface area contributed by atoms with Crippen molar-refractivity contribution in [1.82, 2.24) is 5.32 Å². The topological polar surface area (TPSA) is 41.1 Å². The molecule has 2 aromatic carbocycles. The minimum atomic E-state index is -0.110. The van der Waals surface area contributed by atoms with Crippen molar-refractivity contribution < 1.29 is 4.79 Å². The Balaban J connectivity index is 1.56. The van der Waals surface area contributed by atoms with Gasteiger partial charge in [-0.2, -0.15) is 0 Å². The summed E-state index contributed by atoms with van der Waals surface area (Å²) in [7, 11) is 0. The van der Waals surface area contributed by atoms with Gasteiger partial charge in [-0.25, -0.2) is 0 Å². The Hall–Kier alpha value is -2.13. The quantitative estimate of drug-likeness (QED) is 0.904. The van der Waals surface area contributed by atoms with Crippen LogP contribution in [0.3, 0.4) is 0 Å². The van der Waals surface area contributed by atoms with Crippen LogP contribution in [0.1, 0.15) is 17.5 Å². The molecule has 2 aromatic rings. The van der Waals surface area contributed by atoms with E-state index in [0.717, 1.165) is 31.5 Å². The lowest BCUT2D eigenvalue weighted by molar-refractivity contribution is -0.118. The Morgan fingerprint density at radius 2 is 1.81 bits per heavy atom. The molecular weight excluding hydrogens is 260 g/mol. The summed E-state index contributed by atoms with van der Waals surface area (Å²) in [5, 5.41) is 6.40. The van der Waals surface area contributed by atoms with Gasteiger partial charge in [-0.3, -0.25) is 4.79 Å². The lowest BCUT2D eigenvalue weighted by Crippen LogP contribution is -2.40. The second-order valence-corrected chi connectivity index (χ2v) is 5.43. The van der Waals surface area contributed by atoms with Crippen LogP contribution in [0.25, 0.3) is 0 Å². The normalized spacial score (nSPS) is 17.7. The Kier molecular flexibility index (Phi) is 4.31. The molecule has 0 bridgehead atoms. The second-order valence-electron chi connectivity index (χ2n) is 5.43. The van der Waals surface area contributed by atoms with Gasteiger partial charge in [0.1, 0.15) is 0 Å². The summed E-state index contributed by atoms with van der Waals surface area (Å²) in [4.78, 5) is 12.2. The summed E-state index contributed by atoms with van der Waals surface area (Å²) in [6, 6.07) is 18.3. The molecule has 0 spiro atoms. The molecule has 1 amide bonds. The maximum absolute atomic E-state index is 12.2. The molecular formula is C18H20N2O. The van der Waals surface area contributed by atoms with Gasteiger partial charge in [0, 0.05) is 5.69 Å². The number of rotatable bonds is 4. The molecule has 108 valence electrons. The van der Waals surface area contributed by atoms with Crippen LogP contribution >= 0.6 is 0 Å². The van der Waals surface area contributed by atoms with Crippen molar-refractivity contribution in [2.75, 3.05) is 11.9 Å². The van der Waals surface area contributed by atoms with Crippen molar-refractivity contribution in [2.24, 2.45) is 0 Å². The van der Waals surface area contributed by atoms with Crippen LogP contribution in [0.4, 0.5) is 5.69 Å². The highest BCUT2D eigenvalue weighted by Crippen LogP contribution is 2.21. The number of hydrogen-bond acceptors (Lipinski definition) is 2. The van der Waals surface area contributed by atoms with Crippen LogP contribution in [0.15, 0.2) is 54.6 Å². The van der Waals surface area contributed by atoms with Gasteiger partial charge in [-0.05, 0) is 43.0 Å². The SMILES string of the molecule is O=C1Nc2ccccc2CCC1NCCc1ccccc1. The monoisotopic (exact) mass is 280 g/mol. The van der Waals surface area contributed by atoms with Crippen molar-refractivity contribution in [3.8, 4) is 0 Å². The Morgan fingerprint density at radius 1 is 1.05 bits per heavy atom. The van der Waals surface area contributed by atoms with Gasteiger partial charge in [0.2, 0.25) is 5.91 Å². The van der Waals surface area contributed by atoms with Gasteiger partial charge >= 0.3 is 0 Å². The van der Waals surface area contributed by atoms with Crippen LogP contribution in [0.2, 0.25) is 0 Å². The molecule has 0 saturated carbocycles. The van der Waals surface area contributed by atoms with Crippen molar-refractivity contribution in [3.05, 3.63) is 65.7 Å². The lowest BCUT2D eigenvalue weighted by Gasteiger charge is -2.15. The van der Waals surface area contributed by atoms with Crippen LogP contribution < -0.4 is 10.6 Å². The maximum Gasteiger partial charge on any atom is 0.241 e. The van der Waals surface area contributed by atoms with E-state index in [2.05, 4.69) is 28.8 Å². The number of anilines is 1. The summed E-state index contributed by atoms with van der Waals surface area (Å²) in [6.45, 7) is 0.818. The Morgan fingerprint density at radius 3 is 2.67 bits per heavy atom. The zero-order chi connectivity index (χ0) is 14.5. The highest BCUT2D eigenvalue weighted by atomic mass is 16.2. The van der Waals surface area contributed by atoms with E-state index >= 15 is 0 Å². The molecule has 1 heterocycles. The summed E-state index contributed by atoms with van der Waals surface area (Å²) in [5.41, 5.74) is 3.47. The Labute approximate surface area is 125 Å². The third-order valence-corrected chi connectivity index (χ3v) is 3.94. The fraction of sp³-hybridized carbons (Fsp3) is 0.278. The highest BCUT2D eigenvalue weighted by Gasteiger charge is 2.22. The predicted molar refractivity (Wildman–Crippen MR) is 85.3 cm³/mol. The van der Waals surface area contributed by atoms with Crippen LogP contribution in [0.5, 0.6) is 0 Å². The Bertz CT molecular complexity index is 610. The fourth-order valence-electron chi connectivity index (χ4n) is 2.74. The first kappa shape index (κ1) is 13.8. The van der Waals surface area contributed by atoms with E-state index in [9.17, 15) is 4.79 Å². The molecule has 0 aliphatic carbocycles. The molecule has 2 N–H and O–H groups in total. The molecule has 0 aromatic heterocycles. The van der Waals surface area contributed by atoms with Gasteiger partial charge in [-0.1, -0.05) is 48.5 Å². The molecule has 1 aliphatic heterocycles. The third kappa shape index (κ3) is 3.50. The average Bonchev–Trinajstić information content (AvgIpc) is 2.68. The van der Waals surface area contributed by atoms with E-state index in [1.807, 2.05) is 36.4 Å². The van der Waals surface area contributed by atoms with Gasteiger partial charge in [0.15, 0.2) is 0 Å². The number of amides is 1. The molecule has 21 heavy (non-hydrogen) atoms. The number of aryl methyl sites for hydroxylation is 1. The number of benzene rings is 2. The molecule has 0 saturated heterocycles. The fourth-order valence-corrected chi connectivity index (χ4v) is 2.74. The number of hydrogen-bond donors (Lipinski definition) is 2. The molecule has 1 unspecified atom stereocenters. The minimum Gasteiger partial charge on any atom is -0.324 e. The molecule has 1 atom stereocenters. The van der Waals surface area contributed by atoms with Gasteiger partial charge in [-0.15, -0.1) is 0 Å². The van der Waals surface area contributed by atoms with E-state index in [1.54, 1.807) is 0 Å². The van der Waals surface area contributed by atoms with E-state index in [-0.39, 0.29) is 11.9 Å². The molecule has 1 aliphatic rings. The van der Waals surface area contributed by atoms with Crippen molar-refractivity contribution in [2.45, 2.75) is 25.3 Å². The summed E-state index contributed by atoms with van der Waals surface area (Å²) < 4.78 is 0. The number of fused-ring (bicyclic) bond motifs is 1. The van der Waals surface area contributed by atoms with Gasteiger partial charge in [0.25, 0.3) is 0 Å². The molecule has 3 rings (SSSR count). The summed E-state index contributed by atoms with van der Waals surface area (Å²) >= 11 is 0. The van der Waals surface area contributed by atoms with E-state index < -0.39 is 0 Å². The zero-order valence-corrected chi connectivity index (χ0v) is 12.0.